The molecule has 2 heterocycles. The van der Waals surface area contributed by atoms with Gasteiger partial charge in [0.15, 0.2) is 18.1 Å². The molecule has 0 unspecified atom stereocenters. The number of anilines is 1. The molecule has 1 amide bonds. The van der Waals surface area contributed by atoms with Gasteiger partial charge in [-0.3, -0.25) is 4.79 Å². The molecule has 2 aliphatic rings. The van der Waals surface area contributed by atoms with E-state index in [9.17, 15) is 9.59 Å². The Labute approximate surface area is 162 Å². The summed E-state index contributed by atoms with van der Waals surface area (Å²) in [6, 6.07) is 5.24. The summed E-state index contributed by atoms with van der Waals surface area (Å²) in [5.41, 5.74) is 1.22. The van der Waals surface area contributed by atoms with Crippen LogP contribution in [-0.4, -0.2) is 29.4 Å². The van der Waals surface area contributed by atoms with Gasteiger partial charge in [0, 0.05) is 24.6 Å². The first-order chi connectivity index (χ1) is 13.5. The minimum absolute atomic E-state index is 0.244. The number of hydrogen-bond acceptors (Lipinski definition) is 7. The number of aromatic nitrogens is 1. The Morgan fingerprint density at radius 3 is 2.61 bits per heavy atom. The lowest BCUT2D eigenvalue weighted by molar-refractivity contribution is -0.119. The second-order valence-corrected chi connectivity index (χ2v) is 7.16. The number of aryl methyl sites for hydroxylation is 2. The van der Waals surface area contributed by atoms with Crippen molar-refractivity contribution in [3.05, 3.63) is 35.2 Å². The van der Waals surface area contributed by atoms with E-state index in [-0.39, 0.29) is 5.56 Å². The molecule has 1 fully saturated rings. The van der Waals surface area contributed by atoms with Gasteiger partial charge in [0.05, 0.1) is 5.69 Å². The molecule has 8 heteroatoms. The van der Waals surface area contributed by atoms with Crippen molar-refractivity contribution < 1.29 is 28.3 Å². The van der Waals surface area contributed by atoms with E-state index in [2.05, 4.69) is 10.5 Å². The third-order valence-electron chi connectivity index (χ3n) is 5.01. The minimum Gasteiger partial charge on any atom is -0.452 e. The van der Waals surface area contributed by atoms with Crippen LogP contribution in [0.2, 0.25) is 0 Å². The lowest BCUT2D eigenvalue weighted by Crippen LogP contribution is -2.40. The molecule has 0 radical (unpaired) electrons. The van der Waals surface area contributed by atoms with Crippen LogP contribution in [0, 0.1) is 13.8 Å². The van der Waals surface area contributed by atoms with E-state index in [1.165, 1.54) is 6.42 Å². The number of rotatable bonds is 4. The van der Waals surface area contributed by atoms with Crippen LogP contribution in [0.3, 0.4) is 0 Å². The second-order valence-electron chi connectivity index (χ2n) is 7.16. The third kappa shape index (κ3) is 3.54. The molecule has 1 saturated carbocycles. The molecule has 1 N–H and O–H groups in total. The number of carbonyl (C=O) groups excluding carboxylic acids is 2. The summed E-state index contributed by atoms with van der Waals surface area (Å²) < 4.78 is 22.1. The van der Waals surface area contributed by atoms with Gasteiger partial charge in [-0.2, -0.15) is 0 Å². The standard InChI is InChI=1S/C20H22N2O6/c1-12-18(13(2)28-22-12)19(24)25-11-17(23)21-14-6-7-15-16(10-14)27-20(26-15)8-4-3-5-9-20/h6-7,10H,3-5,8-9,11H2,1-2H3,(H,21,23). The van der Waals surface area contributed by atoms with Crippen molar-refractivity contribution in [3.8, 4) is 11.5 Å². The first kappa shape index (κ1) is 18.3. The maximum atomic E-state index is 12.2. The van der Waals surface area contributed by atoms with Crippen molar-refractivity contribution in [3.63, 3.8) is 0 Å². The third-order valence-corrected chi connectivity index (χ3v) is 5.01. The highest BCUT2D eigenvalue weighted by molar-refractivity contribution is 5.96. The van der Waals surface area contributed by atoms with Crippen molar-refractivity contribution in [2.24, 2.45) is 0 Å². The molecule has 4 rings (SSSR count). The van der Waals surface area contributed by atoms with Crippen LogP contribution >= 0.6 is 0 Å². The average molecular weight is 386 g/mol. The van der Waals surface area contributed by atoms with Gasteiger partial charge in [-0.15, -0.1) is 0 Å². The lowest BCUT2D eigenvalue weighted by atomic mass is 9.94. The number of nitrogens with zero attached hydrogens (tertiary/aromatic N) is 1. The maximum Gasteiger partial charge on any atom is 0.344 e. The zero-order valence-corrected chi connectivity index (χ0v) is 15.9. The van der Waals surface area contributed by atoms with Crippen LogP contribution in [0.25, 0.3) is 0 Å². The molecule has 8 nitrogen and oxygen atoms in total. The molecule has 0 saturated heterocycles. The molecule has 28 heavy (non-hydrogen) atoms. The van der Waals surface area contributed by atoms with Gasteiger partial charge in [0.25, 0.3) is 11.7 Å². The average Bonchev–Trinajstić information content (AvgIpc) is 3.19. The summed E-state index contributed by atoms with van der Waals surface area (Å²) in [5, 5.41) is 6.40. The van der Waals surface area contributed by atoms with Gasteiger partial charge in [-0.1, -0.05) is 11.6 Å². The molecular weight excluding hydrogens is 364 g/mol. The second kappa shape index (κ2) is 7.18. The molecule has 148 valence electrons. The van der Waals surface area contributed by atoms with Crippen molar-refractivity contribution in [1.82, 2.24) is 5.16 Å². The molecule has 1 aliphatic carbocycles. The number of ether oxygens (including phenoxy) is 3. The summed E-state index contributed by atoms with van der Waals surface area (Å²) in [6.07, 6.45) is 5.07. The molecule has 0 atom stereocenters. The molecule has 1 aliphatic heterocycles. The molecule has 0 bridgehead atoms. The summed E-state index contributed by atoms with van der Waals surface area (Å²) >= 11 is 0. The van der Waals surface area contributed by atoms with Crippen molar-refractivity contribution in [1.29, 1.82) is 0 Å². The monoisotopic (exact) mass is 386 g/mol. The fraction of sp³-hybridized carbons (Fsp3) is 0.450. The summed E-state index contributed by atoms with van der Waals surface area (Å²) in [7, 11) is 0. The van der Waals surface area contributed by atoms with Gasteiger partial charge >= 0.3 is 5.97 Å². The Morgan fingerprint density at radius 2 is 1.89 bits per heavy atom. The molecule has 1 spiro atoms. The Balaban J connectivity index is 1.35. The van der Waals surface area contributed by atoms with Gasteiger partial charge in [-0.05, 0) is 38.8 Å². The van der Waals surface area contributed by atoms with E-state index in [1.54, 1.807) is 32.0 Å². The predicted molar refractivity (Wildman–Crippen MR) is 98.4 cm³/mol. The zero-order valence-electron chi connectivity index (χ0n) is 15.9. The fourth-order valence-corrected chi connectivity index (χ4v) is 3.64. The van der Waals surface area contributed by atoms with E-state index >= 15 is 0 Å². The molecule has 2 aromatic rings. The van der Waals surface area contributed by atoms with Gasteiger partial charge in [0.2, 0.25) is 0 Å². The van der Waals surface area contributed by atoms with Crippen molar-refractivity contribution in [2.45, 2.75) is 51.7 Å². The maximum absolute atomic E-state index is 12.2. The van der Waals surface area contributed by atoms with Gasteiger partial charge in [-0.25, -0.2) is 4.79 Å². The van der Waals surface area contributed by atoms with E-state index in [1.807, 2.05) is 0 Å². The number of nitrogens with one attached hydrogen (secondary N) is 1. The van der Waals surface area contributed by atoms with E-state index < -0.39 is 24.3 Å². The Hall–Kier alpha value is -3.03. The Bertz CT molecular complexity index is 894. The summed E-state index contributed by atoms with van der Waals surface area (Å²) in [5.74, 6) is 0.00255. The Kier molecular flexibility index (Phi) is 4.70. The van der Waals surface area contributed by atoms with Crippen molar-refractivity contribution >= 4 is 17.6 Å². The minimum atomic E-state index is -0.642. The number of benzene rings is 1. The van der Waals surface area contributed by atoms with E-state index in [0.29, 0.717) is 28.6 Å². The first-order valence-electron chi connectivity index (χ1n) is 9.38. The number of hydrogen-bond donors (Lipinski definition) is 1. The van der Waals surface area contributed by atoms with Crippen LogP contribution in [0.1, 0.15) is 53.9 Å². The lowest BCUT2D eigenvalue weighted by Gasteiger charge is -2.31. The van der Waals surface area contributed by atoms with E-state index in [0.717, 1.165) is 25.7 Å². The summed E-state index contributed by atoms with van der Waals surface area (Å²) in [6.45, 7) is 2.84. The van der Waals surface area contributed by atoms with Crippen molar-refractivity contribution in [2.75, 3.05) is 11.9 Å². The predicted octanol–water partition coefficient (Wildman–Crippen LogP) is 3.52. The normalized spacial score (nSPS) is 16.8. The highest BCUT2D eigenvalue weighted by atomic mass is 16.7. The molecular formula is C20H22N2O6. The SMILES string of the molecule is Cc1noc(C)c1C(=O)OCC(=O)Nc1ccc2c(c1)OC1(CCCCC1)O2. The number of fused-ring (bicyclic) bond motifs is 1. The molecule has 1 aromatic carbocycles. The zero-order chi connectivity index (χ0) is 19.7. The van der Waals surface area contributed by atoms with Crippen LogP contribution in [0.5, 0.6) is 11.5 Å². The van der Waals surface area contributed by atoms with Crippen LogP contribution < -0.4 is 14.8 Å². The number of carbonyl (C=O) groups is 2. The van der Waals surface area contributed by atoms with E-state index in [4.69, 9.17) is 18.7 Å². The van der Waals surface area contributed by atoms with Gasteiger partial charge in [0.1, 0.15) is 11.3 Å². The van der Waals surface area contributed by atoms with Crippen LogP contribution in [0.4, 0.5) is 5.69 Å². The smallest absolute Gasteiger partial charge is 0.344 e. The highest BCUT2D eigenvalue weighted by Gasteiger charge is 2.42. The quantitative estimate of drug-likeness (QED) is 0.803. The largest absolute Gasteiger partial charge is 0.452 e. The van der Waals surface area contributed by atoms with Gasteiger partial charge < -0.3 is 24.1 Å². The summed E-state index contributed by atoms with van der Waals surface area (Å²) in [4.78, 5) is 24.2. The first-order valence-corrected chi connectivity index (χ1v) is 9.38. The fourth-order valence-electron chi connectivity index (χ4n) is 3.64. The number of amides is 1. The molecule has 1 aromatic heterocycles. The van der Waals surface area contributed by atoms with Crippen LogP contribution in [0.15, 0.2) is 22.7 Å². The number of esters is 1. The topological polar surface area (TPSA) is 99.9 Å². The highest BCUT2D eigenvalue weighted by Crippen LogP contribution is 2.46. The van der Waals surface area contributed by atoms with Crippen LogP contribution in [-0.2, 0) is 9.53 Å². The Morgan fingerprint density at radius 1 is 1.14 bits per heavy atom.